The molecule has 0 saturated carbocycles. The van der Waals surface area contributed by atoms with Crippen LogP contribution in [0.1, 0.15) is 104 Å². The summed E-state index contributed by atoms with van der Waals surface area (Å²) in [5.74, 6) is -1.02. The van der Waals surface area contributed by atoms with Crippen LogP contribution in [0, 0.1) is 5.92 Å². The van der Waals surface area contributed by atoms with Crippen molar-refractivity contribution >= 4 is 60.1 Å². The number of aromatic hydroxyl groups is 1. The average molecular weight is 1110 g/mol. The van der Waals surface area contributed by atoms with Gasteiger partial charge >= 0.3 is 12.1 Å². The Morgan fingerprint density at radius 3 is 2.21 bits per heavy atom. The number of fused-ring (bicyclic) bond motifs is 1. The molecule has 0 radical (unpaired) electrons. The fourth-order valence-electron chi connectivity index (χ4n) is 9.38. The summed E-state index contributed by atoms with van der Waals surface area (Å²) in [5, 5.41) is 26.8. The van der Waals surface area contributed by atoms with Crippen molar-refractivity contribution in [1.82, 2.24) is 20.1 Å². The third-order valence-corrected chi connectivity index (χ3v) is 20.7. The fraction of sp³-hybridized carbons (Fsp3) is 0.355. The topological polar surface area (TPSA) is 171 Å². The number of hydrogen-bond donors (Lipinski definition) is 4. The number of esters is 1. The average Bonchev–Trinajstić information content (AvgIpc) is 3.94. The molecule has 0 aliphatic carbocycles. The summed E-state index contributed by atoms with van der Waals surface area (Å²) in [4.78, 5) is 62.9. The summed E-state index contributed by atoms with van der Waals surface area (Å²) in [6.45, 7) is 19.2. The van der Waals surface area contributed by atoms with Crippen molar-refractivity contribution in [1.29, 1.82) is 0 Å². The van der Waals surface area contributed by atoms with Crippen molar-refractivity contribution in [2.75, 3.05) is 26.2 Å². The minimum absolute atomic E-state index is 0.0454. The third kappa shape index (κ3) is 14.0. The number of piperidine rings is 1. The molecule has 2 atom stereocenters. The first-order chi connectivity index (χ1) is 37.0. The van der Waals surface area contributed by atoms with Gasteiger partial charge < -0.3 is 39.3 Å². The van der Waals surface area contributed by atoms with E-state index in [4.69, 9.17) is 25.5 Å². The second-order valence-electron chi connectivity index (χ2n) is 22.7. The van der Waals surface area contributed by atoms with Crippen molar-refractivity contribution in [2.24, 2.45) is 5.92 Å². The highest BCUT2D eigenvalue weighted by atomic mass is 35.5. The SMILES string of the molecule is CC(C)(C)OC(=O)N(Cc1ccc(C(=O)NCc2ccc(-c3cccc(C(O)(C(=O)OCC4CCN(Cc5ccccc5)CC4)c4ccccc4)c3)s2)c(Cl)c1)C[C@H](O[Si](C)(C)C(C)(C)C)c1ccc(O)c2[nH]c(=O)ccc12. The van der Waals surface area contributed by atoms with Gasteiger partial charge in [0.05, 0.1) is 41.9 Å². The number of nitrogens with zero attached hydrogens (tertiary/aromatic N) is 2. The van der Waals surface area contributed by atoms with E-state index < -0.39 is 43.6 Å². The number of halogens is 1. The van der Waals surface area contributed by atoms with Crippen LogP contribution in [-0.2, 0) is 43.9 Å². The van der Waals surface area contributed by atoms with Gasteiger partial charge in [0.15, 0.2) is 8.32 Å². The van der Waals surface area contributed by atoms with E-state index in [1.165, 1.54) is 29.0 Å². The lowest BCUT2D eigenvalue weighted by atomic mass is 9.85. The van der Waals surface area contributed by atoms with Crippen molar-refractivity contribution in [3.63, 3.8) is 0 Å². The molecule has 3 heterocycles. The number of benzene rings is 5. The summed E-state index contributed by atoms with van der Waals surface area (Å²) in [6.07, 6.45) is 0.488. The van der Waals surface area contributed by atoms with Gasteiger partial charge in [-0.1, -0.05) is 123 Å². The van der Waals surface area contributed by atoms with E-state index in [9.17, 15) is 29.4 Å². The lowest BCUT2D eigenvalue weighted by Gasteiger charge is -2.41. The van der Waals surface area contributed by atoms with Crippen LogP contribution >= 0.6 is 22.9 Å². The number of amides is 2. The number of carbonyl (C=O) groups is 3. The Morgan fingerprint density at radius 2 is 1.53 bits per heavy atom. The van der Waals surface area contributed by atoms with Gasteiger partial charge in [-0.15, -0.1) is 11.3 Å². The van der Waals surface area contributed by atoms with Crippen molar-refractivity contribution in [2.45, 2.75) is 109 Å². The second-order valence-corrected chi connectivity index (χ2v) is 29.1. The van der Waals surface area contributed by atoms with Gasteiger partial charge in [0.25, 0.3) is 5.91 Å². The standard InChI is InChI=1S/C62H71ClN4O9SSi/c1-60(2,3)75-59(72)67(39-53(76-78(7,8)61(4,5)6)48-25-27-52(68)56-49(48)26-29-55(69)65-56)38-43-22-24-50(51(63)34-43)57(70)64-36-47-23-28-54(77-47)44-18-15-21-46(35-44)62(73,45-19-13-10-14-20-45)58(71)74-40-42-30-32-66(33-31-42)37-41-16-11-9-12-17-41/h9-29,34-35,42,53,68,73H,30-33,36-40H2,1-8H3,(H,64,70)(H,65,69)/t53-,62?/m0/s1. The number of H-pyrrole nitrogens is 1. The number of pyridine rings is 1. The highest BCUT2D eigenvalue weighted by Gasteiger charge is 2.43. The van der Waals surface area contributed by atoms with Crippen LogP contribution in [0.4, 0.5) is 4.79 Å². The van der Waals surface area contributed by atoms with Gasteiger partial charge in [-0.2, -0.15) is 0 Å². The minimum Gasteiger partial charge on any atom is -0.506 e. The van der Waals surface area contributed by atoms with Gasteiger partial charge in [-0.25, -0.2) is 9.59 Å². The molecule has 410 valence electrons. The number of likely N-dealkylation sites (tertiary alicyclic amines) is 1. The molecule has 4 N–H and O–H groups in total. The Hall–Kier alpha value is -6.59. The molecule has 7 aromatic rings. The minimum atomic E-state index is -2.53. The molecule has 2 aromatic heterocycles. The predicted molar refractivity (Wildman–Crippen MR) is 311 cm³/mol. The van der Waals surface area contributed by atoms with E-state index >= 15 is 0 Å². The molecule has 78 heavy (non-hydrogen) atoms. The Balaban J connectivity index is 0.946. The highest BCUT2D eigenvalue weighted by molar-refractivity contribution is 7.15. The van der Waals surface area contributed by atoms with Gasteiger partial charge in [0, 0.05) is 39.9 Å². The number of phenols is 1. The van der Waals surface area contributed by atoms with Crippen LogP contribution in [0.3, 0.4) is 0 Å². The number of ether oxygens (including phenoxy) is 2. The summed E-state index contributed by atoms with van der Waals surface area (Å²) < 4.78 is 19.0. The van der Waals surface area contributed by atoms with Crippen LogP contribution in [-0.4, -0.2) is 83.1 Å². The monoisotopic (exact) mass is 1110 g/mol. The second kappa shape index (κ2) is 24.2. The predicted octanol–water partition coefficient (Wildman–Crippen LogP) is 12.7. The Bertz CT molecular complexity index is 3290. The summed E-state index contributed by atoms with van der Waals surface area (Å²) in [5.41, 5.74) is 1.43. The maximum absolute atomic E-state index is 14.1. The summed E-state index contributed by atoms with van der Waals surface area (Å²) in [7, 11) is -2.53. The number of aromatic amines is 1. The maximum Gasteiger partial charge on any atom is 0.410 e. The first-order valence-electron chi connectivity index (χ1n) is 26.5. The van der Waals surface area contributed by atoms with Crippen LogP contribution in [0.2, 0.25) is 23.2 Å². The molecule has 0 bridgehead atoms. The normalized spacial score (nSPS) is 14.8. The quantitative estimate of drug-likeness (QED) is 0.0479. The van der Waals surface area contributed by atoms with E-state index in [0.717, 1.165) is 47.8 Å². The molecular weight excluding hydrogens is 1040 g/mol. The van der Waals surface area contributed by atoms with Gasteiger partial charge in [0.1, 0.15) is 11.4 Å². The van der Waals surface area contributed by atoms with Crippen molar-refractivity contribution in [3.8, 4) is 16.2 Å². The molecule has 1 aliphatic rings. The Morgan fingerprint density at radius 1 is 0.833 bits per heavy atom. The van der Waals surface area contributed by atoms with Crippen molar-refractivity contribution in [3.05, 3.63) is 193 Å². The number of carbonyl (C=O) groups excluding carboxylic acids is 3. The zero-order chi connectivity index (χ0) is 56.0. The molecule has 13 nitrogen and oxygen atoms in total. The smallest absolute Gasteiger partial charge is 0.410 e. The molecule has 1 fully saturated rings. The lowest BCUT2D eigenvalue weighted by molar-refractivity contribution is -0.164. The van der Waals surface area contributed by atoms with Gasteiger partial charge in [-0.3, -0.25) is 14.5 Å². The van der Waals surface area contributed by atoms with Gasteiger partial charge in [-0.05, 0) is 141 Å². The highest BCUT2D eigenvalue weighted by Crippen LogP contribution is 2.42. The van der Waals surface area contributed by atoms with Crippen LogP contribution in [0.15, 0.2) is 144 Å². The number of phenolic OH excluding ortho intramolecular Hbond substituents is 1. The lowest BCUT2D eigenvalue weighted by Crippen LogP contribution is -2.45. The maximum atomic E-state index is 14.1. The molecule has 2 amide bonds. The zero-order valence-electron chi connectivity index (χ0n) is 45.7. The number of aromatic nitrogens is 1. The van der Waals surface area contributed by atoms with E-state index in [1.807, 2.05) is 42.5 Å². The largest absolute Gasteiger partial charge is 0.506 e. The Kier molecular flexibility index (Phi) is 17.9. The number of rotatable bonds is 18. The van der Waals surface area contributed by atoms with Crippen LogP contribution < -0.4 is 10.9 Å². The van der Waals surface area contributed by atoms with E-state index in [0.29, 0.717) is 27.6 Å². The molecule has 1 saturated heterocycles. The van der Waals surface area contributed by atoms with Gasteiger partial charge in [0.2, 0.25) is 11.2 Å². The third-order valence-electron chi connectivity index (χ3n) is 14.7. The number of aliphatic hydroxyl groups is 1. The summed E-state index contributed by atoms with van der Waals surface area (Å²) in [6, 6.07) is 41.8. The first kappa shape index (κ1) is 57.6. The number of hydrogen-bond acceptors (Lipinski definition) is 11. The molecule has 8 rings (SSSR count). The summed E-state index contributed by atoms with van der Waals surface area (Å²) >= 11 is 8.35. The number of thiophene rings is 1. The van der Waals surface area contributed by atoms with Crippen molar-refractivity contribution < 1.29 is 38.5 Å². The van der Waals surface area contributed by atoms with E-state index in [-0.39, 0.29) is 64.6 Å². The van der Waals surface area contributed by atoms with Crippen LogP contribution in [0.5, 0.6) is 5.75 Å². The van der Waals surface area contributed by atoms with E-state index in [2.05, 4.69) is 73.3 Å². The molecule has 0 spiro atoms. The zero-order valence-corrected chi connectivity index (χ0v) is 48.3. The molecule has 16 heteroatoms. The molecule has 5 aromatic carbocycles. The fourth-order valence-corrected chi connectivity index (χ4v) is 11.9. The number of nitrogens with one attached hydrogen (secondary N) is 2. The van der Waals surface area contributed by atoms with Crippen LogP contribution in [0.25, 0.3) is 21.3 Å². The van der Waals surface area contributed by atoms with E-state index in [1.54, 1.807) is 86.3 Å². The molecule has 1 aliphatic heterocycles. The first-order valence-corrected chi connectivity index (χ1v) is 30.6. The molecule has 1 unspecified atom stereocenters. The molecular formula is C62H71ClN4O9SSi. The Labute approximate surface area is 467 Å².